The Morgan fingerprint density at radius 1 is 1.33 bits per heavy atom. The smallest absolute Gasteiger partial charge is 0.402 e. The minimum absolute atomic E-state index is 0. The number of anilines is 1. The van der Waals surface area contributed by atoms with Gasteiger partial charge in [-0.15, -0.1) is 25.6 Å². The van der Waals surface area contributed by atoms with E-state index in [0.717, 1.165) is 0 Å². The van der Waals surface area contributed by atoms with Crippen LogP contribution in [0.25, 0.3) is 0 Å². The lowest BCUT2D eigenvalue weighted by molar-refractivity contribution is -0.274. The van der Waals surface area contributed by atoms with Crippen LogP contribution in [0, 0.1) is 0 Å². The van der Waals surface area contributed by atoms with E-state index in [-0.39, 0.29) is 23.1 Å². The van der Waals surface area contributed by atoms with E-state index in [2.05, 4.69) is 4.74 Å². The van der Waals surface area contributed by atoms with E-state index < -0.39 is 12.1 Å². The predicted molar refractivity (Wildman–Crippen MR) is 53.2 cm³/mol. The second-order valence-electron chi connectivity index (χ2n) is 2.31. The van der Waals surface area contributed by atoms with E-state index in [1.54, 1.807) is 0 Å². The fraction of sp³-hybridized carbons (Fsp3) is 0.143. The zero-order valence-corrected chi connectivity index (χ0v) is 8.71. The van der Waals surface area contributed by atoms with E-state index in [1.807, 2.05) is 5.43 Å². The maximum atomic E-state index is 11.9. The van der Waals surface area contributed by atoms with Crippen LogP contribution in [-0.4, -0.2) is 6.36 Å². The van der Waals surface area contributed by atoms with Crippen LogP contribution < -0.4 is 16.0 Å². The van der Waals surface area contributed by atoms with Crippen LogP contribution >= 0.6 is 24.0 Å². The molecule has 0 bridgehead atoms. The number of hydrogen-bond acceptors (Lipinski definition) is 3. The van der Waals surface area contributed by atoms with E-state index in [9.17, 15) is 13.2 Å². The number of benzene rings is 1. The quantitative estimate of drug-likeness (QED) is 0.637. The summed E-state index contributed by atoms with van der Waals surface area (Å²) in [5.41, 5.74) is 2.02. The number of rotatable bonds is 2. The normalized spacial score (nSPS) is 10.5. The Balaban J connectivity index is 0.00000196. The van der Waals surface area contributed by atoms with Gasteiger partial charge in [0, 0.05) is 0 Å². The van der Waals surface area contributed by atoms with Crippen LogP contribution in [0.3, 0.4) is 0 Å². The monoisotopic (exact) mass is 262 g/mol. The molecule has 0 heterocycles. The van der Waals surface area contributed by atoms with Gasteiger partial charge >= 0.3 is 6.36 Å². The highest BCUT2D eigenvalue weighted by Gasteiger charge is 2.33. The molecule has 8 heteroatoms. The Kier molecular flexibility index (Phi) is 4.99. The maximum Gasteiger partial charge on any atom is 0.573 e. The average Bonchev–Trinajstić information content (AvgIpc) is 2.06. The van der Waals surface area contributed by atoms with E-state index >= 15 is 0 Å². The molecule has 1 aromatic rings. The summed E-state index contributed by atoms with van der Waals surface area (Å²) in [7, 11) is 0. The Morgan fingerprint density at radius 2 is 1.93 bits per heavy atom. The van der Waals surface area contributed by atoms with Gasteiger partial charge in [0.05, 0.1) is 10.7 Å². The molecule has 0 amide bonds. The average molecular weight is 263 g/mol. The summed E-state index contributed by atoms with van der Waals surface area (Å²) in [6.07, 6.45) is -4.80. The standard InChI is InChI=1S/C7H6ClF3N2O.ClH/c8-4-2-1-3-5(13-12)6(4)14-7(9,10)11;/h1-3,13H,12H2;1H. The van der Waals surface area contributed by atoms with Gasteiger partial charge < -0.3 is 10.2 Å². The molecule has 86 valence electrons. The van der Waals surface area contributed by atoms with Crippen molar-refractivity contribution in [3.05, 3.63) is 23.2 Å². The Labute approximate surface area is 94.7 Å². The van der Waals surface area contributed by atoms with Gasteiger partial charge in [-0.05, 0) is 12.1 Å². The van der Waals surface area contributed by atoms with Gasteiger partial charge in [-0.1, -0.05) is 17.7 Å². The molecule has 0 aliphatic rings. The summed E-state index contributed by atoms with van der Waals surface area (Å²) < 4.78 is 39.3. The molecule has 0 aliphatic carbocycles. The summed E-state index contributed by atoms with van der Waals surface area (Å²) in [4.78, 5) is 0. The van der Waals surface area contributed by atoms with Gasteiger partial charge in [0.25, 0.3) is 0 Å². The predicted octanol–water partition coefficient (Wildman–Crippen LogP) is 2.95. The van der Waals surface area contributed by atoms with Crippen molar-refractivity contribution in [1.29, 1.82) is 0 Å². The second kappa shape index (κ2) is 5.29. The van der Waals surface area contributed by atoms with Crippen LogP contribution in [0.4, 0.5) is 18.9 Å². The van der Waals surface area contributed by atoms with Gasteiger partial charge in [-0.25, -0.2) is 0 Å². The number of hydrazine groups is 1. The number of alkyl halides is 3. The van der Waals surface area contributed by atoms with Crippen molar-refractivity contribution < 1.29 is 17.9 Å². The summed E-state index contributed by atoms with van der Waals surface area (Å²) in [5.74, 6) is 4.44. The van der Waals surface area contributed by atoms with Gasteiger partial charge in [0.15, 0.2) is 5.75 Å². The number of ether oxygens (including phenoxy) is 1. The molecular formula is C7H7Cl2F3N2O. The largest absolute Gasteiger partial charge is 0.573 e. The molecule has 0 atom stereocenters. The molecule has 1 rings (SSSR count). The Morgan fingerprint density at radius 3 is 2.40 bits per heavy atom. The lowest BCUT2D eigenvalue weighted by atomic mass is 10.3. The van der Waals surface area contributed by atoms with Crippen molar-refractivity contribution in [1.82, 2.24) is 0 Å². The van der Waals surface area contributed by atoms with Gasteiger partial charge in [0.1, 0.15) is 0 Å². The number of hydrogen-bond donors (Lipinski definition) is 2. The zero-order chi connectivity index (χ0) is 10.8. The second-order valence-corrected chi connectivity index (χ2v) is 2.72. The van der Waals surface area contributed by atoms with Gasteiger partial charge in [-0.3, -0.25) is 5.84 Å². The van der Waals surface area contributed by atoms with E-state index in [1.165, 1.54) is 18.2 Å². The van der Waals surface area contributed by atoms with Crippen LogP contribution in [0.2, 0.25) is 5.02 Å². The first-order valence-electron chi connectivity index (χ1n) is 3.45. The van der Waals surface area contributed by atoms with Gasteiger partial charge in [0.2, 0.25) is 0 Å². The SMILES string of the molecule is Cl.NNc1cccc(Cl)c1OC(F)(F)F. The van der Waals surface area contributed by atoms with Crippen molar-refractivity contribution in [3.63, 3.8) is 0 Å². The first kappa shape index (κ1) is 14.2. The van der Waals surface area contributed by atoms with Crippen molar-refractivity contribution in [3.8, 4) is 5.75 Å². The molecule has 0 saturated heterocycles. The molecule has 15 heavy (non-hydrogen) atoms. The van der Waals surface area contributed by atoms with Crippen LogP contribution in [0.15, 0.2) is 18.2 Å². The molecule has 0 aliphatic heterocycles. The molecule has 0 fully saturated rings. The van der Waals surface area contributed by atoms with Crippen LogP contribution in [-0.2, 0) is 0 Å². The zero-order valence-electron chi connectivity index (χ0n) is 7.14. The minimum Gasteiger partial charge on any atom is -0.402 e. The molecule has 3 nitrogen and oxygen atoms in total. The topological polar surface area (TPSA) is 47.3 Å². The molecule has 0 saturated carbocycles. The summed E-state index contributed by atoms with van der Waals surface area (Å²) in [6.45, 7) is 0. The summed E-state index contributed by atoms with van der Waals surface area (Å²) in [5, 5.41) is -0.169. The number of nitrogen functional groups attached to an aromatic ring is 1. The molecule has 3 N–H and O–H groups in total. The first-order chi connectivity index (χ1) is 6.44. The highest BCUT2D eigenvalue weighted by molar-refractivity contribution is 6.32. The lowest BCUT2D eigenvalue weighted by Gasteiger charge is -2.13. The highest BCUT2D eigenvalue weighted by atomic mass is 35.5. The van der Waals surface area contributed by atoms with Crippen molar-refractivity contribution in [2.45, 2.75) is 6.36 Å². The third-order valence-corrected chi connectivity index (χ3v) is 1.64. The number of nitrogens with two attached hydrogens (primary N) is 1. The summed E-state index contributed by atoms with van der Waals surface area (Å²) in [6, 6.07) is 4.02. The third-order valence-electron chi connectivity index (χ3n) is 1.34. The molecule has 0 unspecified atom stereocenters. The lowest BCUT2D eigenvalue weighted by Crippen LogP contribution is -2.19. The minimum atomic E-state index is -4.80. The Hall–Kier alpha value is -0.850. The molecular weight excluding hydrogens is 256 g/mol. The van der Waals surface area contributed by atoms with E-state index in [0.29, 0.717) is 0 Å². The van der Waals surface area contributed by atoms with Gasteiger partial charge in [-0.2, -0.15) is 0 Å². The fourth-order valence-corrected chi connectivity index (χ4v) is 1.06. The Bertz CT molecular complexity index is 333. The first-order valence-corrected chi connectivity index (χ1v) is 3.82. The molecule has 1 aromatic carbocycles. The van der Waals surface area contributed by atoms with Crippen LogP contribution in [0.5, 0.6) is 5.75 Å². The number of para-hydroxylation sites is 1. The summed E-state index contributed by atoms with van der Waals surface area (Å²) >= 11 is 5.49. The van der Waals surface area contributed by atoms with Crippen molar-refractivity contribution in [2.75, 3.05) is 5.43 Å². The maximum absolute atomic E-state index is 11.9. The molecule has 0 spiro atoms. The number of halogens is 5. The van der Waals surface area contributed by atoms with Crippen molar-refractivity contribution in [2.24, 2.45) is 5.84 Å². The van der Waals surface area contributed by atoms with E-state index in [4.69, 9.17) is 17.4 Å². The van der Waals surface area contributed by atoms with Crippen LogP contribution in [0.1, 0.15) is 0 Å². The number of nitrogens with one attached hydrogen (secondary N) is 1. The third kappa shape index (κ3) is 4.03. The molecule has 0 aromatic heterocycles. The van der Waals surface area contributed by atoms with Crippen molar-refractivity contribution >= 4 is 29.7 Å². The molecule has 0 radical (unpaired) electrons. The fourth-order valence-electron chi connectivity index (χ4n) is 0.842. The highest BCUT2D eigenvalue weighted by Crippen LogP contribution is 2.36.